The summed E-state index contributed by atoms with van der Waals surface area (Å²) in [7, 11) is 0. The Kier molecular flexibility index (Phi) is 7.96. The van der Waals surface area contributed by atoms with Gasteiger partial charge in [-0.3, -0.25) is 0 Å². The van der Waals surface area contributed by atoms with Crippen LogP contribution in [0.4, 0.5) is 16.6 Å². The lowest BCUT2D eigenvalue weighted by Crippen LogP contribution is -2.03. The number of hydrogen-bond acceptors (Lipinski definition) is 9. The molecule has 2 aromatic heterocycles. The zero-order valence-electron chi connectivity index (χ0n) is 18.7. The Morgan fingerprint density at radius 3 is 2.43 bits per heavy atom. The second-order valence-electron chi connectivity index (χ2n) is 7.60. The van der Waals surface area contributed by atoms with Crippen molar-refractivity contribution in [1.29, 1.82) is 10.5 Å². The molecular formula is C26H22N6OS2. The fraction of sp³-hybridized carbons (Fsp3) is 0.154. The van der Waals surface area contributed by atoms with E-state index in [4.69, 9.17) is 10.8 Å². The molecule has 7 nitrogen and oxygen atoms in total. The minimum Gasteiger partial charge on any atom is -0.396 e. The molecule has 4 rings (SSSR count). The summed E-state index contributed by atoms with van der Waals surface area (Å²) in [5.41, 5.74) is 10.7. The number of thioether (sulfide) groups is 1. The van der Waals surface area contributed by atoms with Crippen molar-refractivity contribution in [2.45, 2.75) is 23.6 Å². The molecule has 2 aromatic carbocycles. The zero-order valence-corrected chi connectivity index (χ0v) is 20.4. The largest absolute Gasteiger partial charge is 0.396 e. The number of nitriles is 2. The Balaban J connectivity index is 1.59. The molecule has 0 unspecified atom stereocenters. The van der Waals surface area contributed by atoms with Gasteiger partial charge in [0, 0.05) is 29.0 Å². The molecule has 0 saturated carbocycles. The van der Waals surface area contributed by atoms with Gasteiger partial charge in [-0.2, -0.15) is 10.5 Å². The lowest BCUT2D eigenvalue weighted by atomic mass is 9.95. The van der Waals surface area contributed by atoms with Gasteiger partial charge in [-0.25, -0.2) is 9.97 Å². The smallest absolute Gasteiger partial charge is 0.187 e. The zero-order chi connectivity index (χ0) is 24.6. The first-order valence-corrected chi connectivity index (χ1v) is 12.7. The van der Waals surface area contributed by atoms with E-state index in [1.54, 1.807) is 0 Å². The van der Waals surface area contributed by atoms with E-state index in [9.17, 15) is 10.5 Å². The first-order chi connectivity index (χ1) is 17.1. The third-order valence-corrected chi connectivity index (χ3v) is 7.03. The predicted octanol–water partition coefficient (Wildman–Crippen LogP) is 5.49. The van der Waals surface area contributed by atoms with Crippen LogP contribution in [-0.2, 0) is 12.2 Å². The summed E-state index contributed by atoms with van der Waals surface area (Å²) >= 11 is 2.87. The summed E-state index contributed by atoms with van der Waals surface area (Å²) in [6.07, 6.45) is 1.43. The van der Waals surface area contributed by atoms with Crippen molar-refractivity contribution in [1.82, 2.24) is 9.97 Å². The summed E-state index contributed by atoms with van der Waals surface area (Å²) in [5, 5.41) is 35.3. The molecule has 0 aliphatic heterocycles. The van der Waals surface area contributed by atoms with Crippen molar-refractivity contribution in [2.75, 3.05) is 17.7 Å². The maximum absolute atomic E-state index is 10.0. The van der Waals surface area contributed by atoms with Gasteiger partial charge in [-0.15, -0.1) is 11.3 Å². The van der Waals surface area contributed by atoms with Crippen LogP contribution >= 0.6 is 23.1 Å². The van der Waals surface area contributed by atoms with E-state index in [2.05, 4.69) is 27.4 Å². The number of aryl methyl sites for hydroxylation is 1. The van der Waals surface area contributed by atoms with Gasteiger partial charge in [0.25, 0.3) is 0 Å². The summed E-state index contributed by atoms with van der Waals surface area (Å²) in [5.74, 6) is 0.595. The van der Waals surface area contributed by atoms with E-state index in [0.29, 0.717) is 28.3 Å². The number of nitrogens with zero attached hydrogens (tertiary/aromatic N) is 4. The SMILES string of the molecule is N#Cc1c(N)nc(SCc2csc(Nc3ccccc3)n2)c(C#N)c1-c1ccc(CCCO)cc1. The summed E-state index contributed by atoms with van der Waals surface area (Å²) in [4.78, 5) is 9.00. The third kappa shape index (κ3) is 5.79. The summed E-state index contributed by atoms with van der Waals surface area (Å²) < 4.78 is 0. The van der Waals surface area contributed by atoms with Gasteiger partial charge < -0.3 is 16.2 Å². The number of nitrogens with one attached hydrogen (secondary N) is 1. The second-order valence-corrected chi connectivity index (χ2v) is 9.42. The molecule has 0 radical (unpaired) electrons. The Hall–Kier alpha value is -3.89. The number of nitrogens with two attached hydrogens (primary N) is 1. The number of benzene rings is 2. The first kappa shape index (κ1) is 24.2. The number of rotatable bonds is 9. The average molecular weight is 499 g/mol. The summed E-state index contributed by atoms with van der Waals surface area (Å²) in [6.45, 7) is 0.128. The molecule has 0 bridgehead atoms. The number of hydrogen-bond donors (Lipinski definition) is 3. The number of para-hydroxylation sites is 1. The Labute approximate surface area is 211 Å². The molecule has 35 heavy (non-hydrogen) atoms. The minimum atomic E-state index is 0.0954. The first-order valence-electron chi connectivity index (χ1n) is 10.9. The molecule has 0 aliphatic carbocycles. The highest BCUT2D eigenvalue weighted by atomic mass is 32.2. The fourth-order valence-corrected chi connectivity index (χ4v) is 5.25. The molecule has 9 heteroatoms. The Bertz CT molecular complexity index is 1390. The molecule has 4 N–H and O–H groups in total. The molecule has 0 atom stereocenters. The van der Waals surface area contributed by atoms with Crippen molar-refractivity contribution in [3.8, 4) is 23.3 Å². The highest BCUT2D eigenvalue weighted by Gasteiger charge is 2.21. The molecule has 0 fully saturated rings. The predicted molar refractivity (Wildman–Crippen MR) is 140 cm³/mol. The molecule has 0 aliphatic rings. The lowest BCUT2D eigenvalue weighted by molar-refractivity contribution is 0.288. The van der Waals surface area contributed by atoms with Gasteiger partial charge in [0.1, 0.15) is 28.5 Å². The van der Waals surface area contributed by atoms with Crippen LogP contribution in [0.1, 0.15) is 28.8 Å². The van der Waals surface area contributed by atoms with Crippen LogP contribution in [0.25, 0.3) is 11.1 Å². The van der Waals surface area contributed by atoms with Crippen LogP contribution in [-0.4, -0.2) is 21.7 Å². The van der Waals surface area contributed by atoms with E-state index in [-0.39, 0.29) is 18.0 Å². The molecule has 0 saturated heterocycles. The number of pyridine rings is 1. The molecule has 0 spiro atoms. The van der Waals surface area contributed by atoms with E-state index in [0.717, 1.165) is 34.1 Å². The van der Waals surface area contributed by atoms with Crippen LogP contribution in [0.3, 0.4) is 0 Å². The van der Waals surface area contributed by atoms with E-state index in [1.807, 2.05) is 60.0 Å². The number of anilines is 3. The summed E-state index contributed by atoms with van der Waals surface area (Å²) in [6, 6.07) is 21.8. The topological polar surface area (TPSA) is 132 Å². The Morgan fingerprint density at radius 1 is 1.00 bits per heavy atom. The number of aromatic nitrogens is 2. The van der Waals surface area contributed by atoms with Crippen LogP contribution in [0.15, 0.2) is 65.0 Å². The highest BCUT2D eigenvalue weighted by molar-refractivity contribution is 7.98. The number of nitrogen functional groups attached to an aromatic ring is 1. The van der Waals surface area contributed by atoms with Gasteiger partial charge in [-0.1, -0.05) is 54.2 Å². The average Bonchev–Trinajstić information content (AvgIpc) is 3.33. The lowest BCUT2D eigenvalue weighted by Gasteiger charge is -2.13. The van der Waals surface area contributed by atoms with Crippen LogP contribution in [0.2, 0.25) is 0 Å². The van der Waals surface area contributed by atoms with Crippen molar-refractivity contribution in [3.63, 3.8) is 0 Å². The fourth-order valence-electron chi connectivity index (χ4n) is 3.53. The van der Waals surface area contributed by atoms with Crippen molar-refractivity contribution >= 4 is 39.7 Å². The Morgan fingerprint density at radius 2 is 1.74 bits per heavy atom. The standard InChI is InChI=1S/C26H22N6OS2/c27-13-21-23(18-10-8-17(9-11-18)5-4-12-33)22(14-28)25(32-24(21)29)34-15-20-16-35-26(31-20)30-19-6-2-1-3-7-19/h1-3,6-11,16,33H,4-5,12,15H2,(H2,29,32)(H,30,31). The van der Waals surface area contributed by atoms with Crippen LogP contribution in [0.5, 0.6) is 0 Å². The van der Waals surface area contributed by atoms with Crippen molar-refractivity contribution in [3.05, 3.63) is 82.4 Å². The molecule has 2 heterocycles. The normalized spacial score (nSPS) is 10.5. The van der Waals surface area contributed by atoms with E-state index < -0.39 is 0 Å². The van der Waals surface area contributed by atoms with Gasteiger partial charge in [-0.05, 0) is 36.1 Å². The van der Waals surface area contributed by atoms with Gasteiger partial charge in [0.05, 0.1) is 11.3 Å². The van der Waals surface area contributed by atoms with E-state index >= 15 is 0 Å². The van der Waals surface area contributed by atoms with Crippen molar-refractivity contribution in [2.24, 2.45) is 0 Å². The minimum absolute atomic E-state index is 0.0954. The quantitative estimate of drug-likeness (QED) is 0.258. The molecule has 4 aromatic rings. The maximum atomic E-state index is 10.0. The number of aliphatic hydroxyl groups excluding tert-OH is 1. The van der Waals surface area contributed by atoms with Crippen LogP contribution < -0.4 is 11.1 Å². The van der Waals surface area contributed by atoms with Gasteiger partial charge >= 0.3 is 0 Å². The highest BCUT2D eigenvalue weighted by Crippen LogP contribution is 2.37. The van der Waals surface area contributed by atoms with E-state index in [1.165, 1.54) is 23.1 Å². The van der Waals surface area contributed by atoms with Gasteiger partial charge in [0.15, 0.2) is 5.13 Å². The van der Waals surface area contributed by atoms with Crippen LogP contribution in [0, 0.1) is 22.7 Å². The molecule has 0 amide bonds. The van der Waals surface area contributed by atoms with Gasteiger partial charge in [0.2, 0.25) is 0 Å². The number of thiazole rings is 1. The van der Waals surface area contributed by atoms with Crippen molar-refractivity contribution < 1.29 is 5.11 Å². The molecular weight excluding hydrogens is 476 g/mol. The maximum Gasteiger partial charge on any atom is 0.187 e. The second kappa shape index (κ2) is 11.5. The number of aliphatic hydroxyl groups is 1. The third-order valence-electron chi connectivity index (χ3n) is 5.22. The molecule has 174 valence electrons. The monoisotopic (exact) mass is 498 g/mol.